The molecule has 1 aliphatic rings. The molecule has 1 saturated heterocycles. The second-order valence-electron chi connectivity index (χ2n) is 7.85. The largest absolute Gasteiger partial charge is 0.477 e. The number of aromatic carboxylic acids is 1. The van der Waals surface area contributed by atoms with E-state index in [0.717, 1.165) is 6.07 Å². The van der Waals surface area contributed by atoms with Gasteiger partial charge in [0.1, 0.15) is 11.4 Å². The molecule has 1 fully saturated rings. The third kappa shape index (κ3) is 4.82. The van der Waals surface area contributed by atoms with Gasteiger partial charge in [-0.2, -0.15) is 0 Å². The van der Waals surface area contributed by atoms with Gasteiger partial charge in [-0.1, -0.05) is 23.2 Å². The van der Waals surface area contributed by atoms with Crippen molar-refractivity contribution >= 4 is 68.8 Å². The molecule has 1 aliphatic heterocycles. The second-order valence-corrected chi connectivity index (χ2v) is 9.11. The Morgan fingerprint density at radius 1 is 1.12 bits per heavy atom. The van der Waals surface area contributed by atoms with Gasteiger partial charge in [-0.15, -0.1) is 0 Å². The molecule has 0 spiro atoms. The number of piperazine rings is 1. The van der Waals surface area contributed by atoms with Gasteiger partial charge in [0.25, 0.3) is 0 Å². The number of carbonyl (C=O) groups is 1. The van der Waals surface area contributed by atoms with E-state index >= 15 is 4.39 Å². The summed E-state index contributed by atoms with van der Waals surface area (Å²) in [5.41, 5.74) is 0.463. The highest BCUT2D eigenvalue weighted by Crippen LogP contribution is 2.27. The zero-order chi connectivity index (χ0) is 24.6. The molecule has 2 N–H and O–H groups in total. The van der Waals surface area contributed by atoms with Gasteiger partial charge in [0.15, 0.2) is 5.11 Å². The Morgan fingerprint density at radius 2 is 1.76 bits per heavy atom. The third-order valence-corrected chi connectivity index (χ3v) is 6.54. The number of fused-ring (bicyclic) bond motifs is 1. The Morgan fingerprint density at radius 3 is 2.35 bits per heavy atom. The summed E-state index contributed by atoms with van der Waals surface area (Å²) in [4.78, 5) is 27.8. The molecule has 34 heavy (non-hydrogen) atoms. The lowest BCUT2D eigenvalue weighted by molar-refractivity contribution is 0.0695. The molecule has 0 unspecified atom stereocenters. The predicted molar refractivity (Wildman–Crippen MR) is 137 cm³/mol. The zero-order valence-corrected chi connectivity index (χ0v) is 20.5. The van der Waals surface area contributed by atoms with Crippen molar-refractivity contribution in [3.8, 4) is 0 Å². The summed E-state index contributed by atoms with van der Waals surface area (Å²) in [6.07, 6.45) is 1.30. The SMILES string of the molecule is CCn1cc(C(=O)O)c(=O)c2cc(F)c(N3CCN(C(=S)Nc4cc(Cl)cc(Cl)c4)CC3)cc21. The molecule has 0 radical (unpaired) electrons. The number of hydrogen-bond donors (Lipinski definition) is 2. The molecule has 2 heterocycles. The van der Waals surface area contributed by atoms with Gasteiger partial charge >= 0.3 is 5.97 Å². The van der Waals surface area contributed by atoms with E-state index in [9.17, 15) is 14.7 Å². The van der Waals surface area contributed by atoms with Gasteiger partial charge in [0.05, 0.1) is 11.2 Å². The van der Waals surface area contributed by atoms with Crippen LogP contribution in [0.25, 0.3) is 10.9 Å². The van der Waals surface area contributed by atoms with Gasteiger partial charge in [-0.05, 0) is 49.5 Å². The number of carboxylic acids is 1. The summed E-state index contributed by atoms with van der Waals surface area (Å²) in [6.45, 7) is 4.38. The monoisotopic (exact) mass is 522 g/mol. The molecule has 0 amide bonds. The molecule has 3 aromatic rings. The quantitative estimate of drug-likeness (QED) is 0.481. The summed E-state index contributed by atoms with van der Waals surface area (Å²) in [5.74, 6) is -1.91. The second kappa shape index (κ2) is 9.77. The summed E-state index contributed by atoms with van der Waals surface area (Å²) in [6, 6.07) is 7.83. The molecule has 4 rings (SSSR count). The Labute approximate surface area is 210 Å². The zero-order valence-electron chi connectivity index (χ0n) is 18.1. The number of pyridine rings is 1. The van der Waals surface area contributed by atoms with Crippen molar-refractivity contribution in [2.45, 2.75) is 13.5 Å². The number of aromatic nitrogens is 1. The van der Waals surface area contributed by atoms with Crippen molar-refractivity contribution in [3.05, 3.63) is 68.2 Å². The van der Waals surface area contributed by atoms with Crippen molar-refractivity contribution in [2.24, 2.45) is 0 Å². The van der Waals surface area contributed by atoms with Crippen LogP contribution in [0.1, 0.15) is 17.3 Å². The fraction of sp³-hybridized carbons (Fsp3) is 0.261. The highest BCUT2D eigenvalue weighted by atomic mass is 35.5. The summed E-state index contributed by atoms with van der Waals surface area (Å²) < 4.78 is 16.7. The van der Waals surface area contributed by atoms with Crippen molar-refractivity contribution in [1.82, 2.24) is 9.47 Å². The number of thiocarbonyl (C=S) groups is 1. The molecule has 0 aliphatic carbocycles. The fourth-order valence-corrected chi connectivity index (χ4v) is 4.86. The Kier molecular flexibility index (Phi) is 6.97. The van der Waals surface area contributed by atoms with Crippen molar-refractivity contribution in [3.63, 3.8) is 0 Å². The number of halogens is 3. The van der Waals surface area contributed by atoms with Crippen LogP contribution in [-0.2, 0) is 6.54 Å². The molecule has 0 saturated carbocycles. The first-order valence-electron chi connectivity index (χ1n) is 10.5. The molecule has 1 aromatic heterocycles. The number of rotatable bonds is 4. The van der Waals surface area contributed by atoms with Crippen LogP contribution in [0.5, 0.6) is 0 Å². The minimum Gasteiger partial charge on any atom is -0.477 e. The highest BCUT2D eigenvalue weighted by molar-refractivity contribution is 7.80. The van der Waals surface area contributed by atoms with E-state index < -0.39 is 17.2 Å². The molecule has 0 atom stereocenters. The van der Waals surface area contributed by atoms with E-state index in [1.165, 1.54) is 6.20 Å². The lowest BCUT2D eigenvalue weighted by Crippen LogP contribution is -2.50. The van der Waals surface area contributed by atoms with Gasteiger partial charge in [-0.25, -0.2) is 9.18 Å². The average molecular weight is 523 g/mol. The van der Waals surface area contributed by atoms with E-state index in [0.29, 0.717) is 64.8 Å². The van der Waals surface area contributed by atoms with Crippen LogP contribution in [0.15, 0.2) is 41.3 Å². The third-order valence-electron chi connectivity index (χ3n) is 5.74. The maximum Gasteiger partial charge on any atom is 0.341 e. The molecular weight excluding hydrogens is 502 g/mol. The summed E-state index contributed by atoms with van der Waals surface area (Å²) in [7, 11) is 0. The van der Waals surface area contributed by atoms with Crippen LogP contribution in [-0.4, -0.2) is 51.8 Å². The minimum atomic E-state index is -1.33. The lowest BCUT2D eigenvalue weighted by Gasteiger charge is -2.37. The van der Waals surface area contributed by atoms with Crippen molar-refractivity contribution in [1.29, 1.82) is 0 Å². The van der Waals surface area contributed by atoms with E-state index in [1.54, 1.807) is 28.8 Å². The molecule has 7 nitrogen and oxygen atoms in total. The number of nitrogens with zero attached hydrogens (tertiary/aromatic N) is 3. The van der Waals surface area contributed by atoms with E-state index in [-0.39, 0.29) is 10.9 Å². The normalized spacial score (nSPS) is 13.9. The Balaban J connectivity index is 1.54. The number of hydrogen-bond acceptors (Lipinski definition) is 4. The predicted octanol–water partition coefficient (Wildman–Crippen LogP) is 4.68. The maximum atomic E-state index is 15.1. The number of carboxylic acid groups (broad SMARTS) is 1. The first-order chi connectivity index (χ1) is 16.2. The Hall–Kier alpha value is -2.88. The topological polar surface area (TPSA) is 77.8 Å². The molecule has 2 aromatic carbocycles. The van der Waals surface area contributed by atoms with Gasteiger partial charge in [0.2, 0.25) is 5.43 Å². The van der Waals surface area contributed by atoms with Crippen LogP contribution in [0, 0.1) is 5.82 Å². The first kappa shape index (κ1) is 24.3. The number of anilines is 2. The average Bonchev–Trinajstić information content (AvgIpc) is 2.78. The Bertz CT molecular complexity index is 1340. The molecular formula is C23H21Cl2FN4O3S. The number of benzene rings is 2. The smallest absolute Gasteiger partial charge is 0.341 e. The van der Waals surface area contributed by atoms with Crippen molar-refractivity contribution < 1.29 is 14.3 Å². The van der Waals surface area contributed by atoms with Crippen LogP contribution >= 0.6 is 35.4 Å². The minimum absolute atomic E-state index is 0.0483. The summed E-state index contributed by atoms with van der Waals surface area (Å²) in [5, 5.41) is 14.0. The van der Waals surface area contributed by atoms with Gasteiger partial charge < -0.3 is 24.8 Å². The molecule has 0 bridgehead atoms. The fourth-order valence-electron chi connectivity index (χ4n) is 4.03. The first-order valence-corrected chi connectivity index (χ1v) is 11.7. The lowest BCUT2D eigenvalue weighted by atomic mass is 10.1. The van der Waals surface area contributed by atoms with Crippen LogP contribution < -0.4 is 15.6 Å². The summed E-state index contributed by atoms with van der Waals surface area (Å²) >= 11 is 17.6. The van der Waals surface area contributed by atoms with Gasteiger partial charge in [-0.3, -0.25) is 4.79 Å². The molecule has 178 valence electrons. The van der Waals surface area contributed by atoms with E-state index in [4.69, 9.17) is 35.4 Å². The highest BCUT2D eigenvalue weighted by Gasteiger charge is 2.23. The number of aryl methyl sites for hydroxylation is 1. The maximum absolute atomic E-state index is 15.1. The molecule has 11 heteroatoms. The van der Waals surface area contributed by atoms with Crippen molar-refractivity contribution in [2.75, 3.05) is 36.4 Å². The van der Waals surface area contributed by atoms with Crippen LogP contribution in [0.4, 0.5) is 15.8 Å². The van der Waals surface area contributed by atoms with Crippen LogP contribution in [0.2, 0.25) is 10.0 Å². The van der Waals surface area contributed by atoms with E-state index in [2.05, 4.69) is 5.32 Å². The standard InChI is InChI=1S/C23H21Cl2FN4O3S/c1-2-28-12-17(22(32)33)21(31)16-10-18(26)20(11-19(16)28)29-3-5-30(6-4-29)23(34)27-15-8-13(24)7-14(25)9-15/h7-12H,2-6H2,1H3,(H,27,34)(H,32,33). The van der Waals surface area contributed by atoms with Crippen LogP contribution in [0.3, 0.4) is 0 Å². The van der Waals surface area contributed by atoms with E-state index in [1.807, 2.05) is 16.7 Å². The number of nitrogens with one attached hydrogen (secondary N) is 1. The van der Waals surface area contributed by atoms with Gasteiger partial charge in [0, 0.05) is 60.0 Å².